The van der Waals surface area contributed by atoms with Crippen LogP contribution in [-0.4, -0.2) is 41.5 Å². The number of aromatic nitrogens is 1. The molecule has 0 unspecified atom stereocenters. The van der Waals surface area contributed by atoms with Gasteiger partial charge in [-0.15, -0.1) is 0 Å². The van der Waals surface area contributed by atoms with Gasteiger partial charge >= 0.3 is 0 Å². The molecule has 1 atom stereocenters. The Bertz CT molecular complexity index is 606. The number of hydrogen-bond acceptors (Lipinski definition) is 3. The number of benzene rings is 1. The first-order chi connectivity index (χ1) is 9.25. The SMILES string of the molecule is C[C@H]1CN(C(=O)c2nccc3ccccc23)CCN1. The number of nitrogens with one attached hydrogen (secondary N) is 1. The molecule has 3 rings (SSSR count). The van der Waals surface area contributed by atoms with Crippen molar-refractivity contribution in [1.29, 1.82) is 0 Å². The zero-order chi connectivity index (χ0) is 13.2. The van der Waals surface area contributed by atoms with Crippen LogP contribution >= 0.6 is 0 Å². The number of fused-ring (bicyclic) bond motifs is 1. The summed E-state index contributed by atoms with van der Waals surface area (Å²) in [5.74, 6) is 0.0325. The van der Waals surface area contributed by atoms with Gasteiger partial charge in [0, 0.05) is 37.3 Å². The van der Waals surface area contributed by atoms with E-state index in [0.717, 1.165) is 30.4 Å². The Kier molecular flexibility index (Phi) is 3.17. The summed E-state index contributed by atoms with van der Waals surface area (Å²) in [7, 11) is 0. The second-order valence-corrected chi connectivity index (χ2v) is 4.99. The Hall–Kier alpha value is -1.94. The van der Waals surface area contributed by atoms with Crippen molar-refractivity contribution in [3.8, 4) is 0 Å². The molecule has 0 radical (unpaired) electrons. The second-order valence-electron chi connectivity index (χ2n) is 4.99. The molecular formula is C15H17N3O. The lowest BCUT2D eigenvalue weighted by Gasteiger charge is -2.31. The zero-order valence-corrected chi connectivity index (χ0v) is 11.0. The van der Waals surface area contributed by atoms with Gasteiger partial charge in [-0.1, -0.05) is 24.3 Å². The van der Waals surface area contributed by atoms with Gasteiger partial charge < -0.3 is 10.2 Å². The van der Waals surface area contributed by atoms with Gasteiger partial charge in [0.1, 0.15) is 5.69 Å². The highest BCUT2D eigenvalue weighted by Gasteiger charge is 2.23. The van der Waals surface area contributed by atoms with E-state index in [9.17, 15) is 4.79 Å². The highest BCUT2D eigenvalue weighted by Crippen LogP contribution is 2.18. The molecule has 1 aromatic carbocycles. The van der Waals surface area contributed by atoms with Crippen LogP contribution in [0.25, 0.3) is 10.8 Å². The van der Waals surface area contributed by atoms with Crippen molar-refractivity contribution in [2.45, 2.75) is 13.0 Å². The van der Waals surface area contributed by atoms with Crippen LogP contribution in [0.2, 0.25) is 0 Å². The summed E-state index contributed by atoms with van der Waals surface area (Å²) in [4.78, 5) is 18.8. The number of piperazine rings is 1. The van der Waals surface area contributed by atoms with Gasteiger partial charge in [-0.2, -0.15) is 0 Å². The van der Waals surface area contributed by atoms with Gasteiger partial charge in [-0.25, -0.2) is 0 Å². The van der Waals surface area contributed by atoms with Gasteiger partial charge in [-0.3, -0.25) is 9.78 Å². The lowest BCUT2D eigenvalue weighted by atomic mass is 10.1. The molecule has 0 saturated carbocycles. The Morgan fingerprint density at radius 1 is 1.37 bits per heavy atom. The maximum atomic E-state index is 12.6. The molecule has 4 nitrogen and oxygen atoms in total. The molecule has 0 spiro atoms. The molecule has 2 aromatic rings. The summed E-state index contributed by atoms with van der Waals surface area (Å²) in [5.41, 5.74) is 0.562. The summed E-state index contributed by atoms with van der Waals surface area (Å²) in [6.45, 7) is 4.42. The van der Waals surface area contributed by atoms with E-state index in [1.807, 2.05) is 35.2 Å². The van der Waals surface area contributed by atoms with Gasteiger partial charge in [0.15, 0.2) is 0 Å². The number of hydrogen-bond donors (Lipinski definition) is 1. The lowest BCUT2D eigenvalue weighted by Crippen LogP contribution is -2.51. The molecule has 1 aliphatic rings. The van der Waals surface area contributed by atoms with Gasteiger partial charge in [0.25, 0.3) is 5.91 Å². The fourth-order valence-electron chi connectivity index (χ4n) is 2.56. The predicted molar refractivity (Wildman–Crippen MR) is 75.1 cm³/mol. The minimum atomic E-state index is 0.0325. The minimum absolute atomic E-state index is 0.0325. The van der Waals surface area contributed by atoms with Gasteiger partial charge in [0.2, 0.25) is 0 Å². The number of rotatable bonds is 1. The highest BCUT2D eigenvalue weighted by molar-refractivity contribution is 6.05. The van der Waals surface area contributed by atoms with E-state index in [0.29, 0.717) is 11.7 Å². The van der Waals surface area contributed by atoms with E-state index in [2.05, 4.69) is 17.2 Å². The Labute approximate surface area is 112 Å². The van der Waals surface area contributed by atoms with Crippen LogP contribution < -0.4 is 5.32 Å². The molecule has 1 N–H and O–H groups in total. The summed E-state index contributed by atoms with van der Waals surface area (Å²) >= 11 is 0. The van der Waals surface area contributed by atoms with E-state index < -0.39 is 0 Å². The van der Waals surface area contributed by atoms with Crippen molar-refractivity contribution in [1.82, 2.24) is 15.2 Å². The third kappa shape index (κ3) is 2.31. The largest absolute Gasteiger partial charge is 0.334 e. The van der Waals surface area contributed by atoms with Crippen LogP contribution in [0, 0.1) is 0 Å². The van der Waals surface area contributed by atoms with E-state index in [4.69, 9.17) is 0 Å². The normalized spacial score (nSPS) is 19.6. The number of carbonyl (C=O) groups excluding carboxylic acids is 1. The van der Waals surface area contributed by atoms with E-state index in [1.54, 1.807) is 6.20 Å². The monoisotopic (exact) mass is 255 g/mol. The molecule has 1 saturated heterocycles. The number of pyridine rings is 1. The van der Waals surface area contributed by atoms with Crippen molar-refractivity contribution in [2.24, 2.45) is 0 Å². The average Bonchev–Trinajstić information content (AvgIpc) is 2.46. The molecule has 1 aliphatic heterocycles. The fraction of sp³-hybridized carbons (Fsp3) is 0.333. The Morgan fingerprint density at radius 2 is 2.21 bits per heavy atom. The van der Waals surface area contributed by atoms with Gasteiger partial charge in [-0.05, 0) is 18.4 Å². The van der Waals surface area contributed by atoms with E-state index in [-0.39, 0.29) is 5.91 Å². The first kappa shape index (κ1) is 12.1. The number of carbonyl (C=O) groups is 1. The van der Waals surface area contributed by atoms with Crippen LogP contribution in [0.15, 0.2) is 36.5 Å². The summed E-state index contributed by atoms with van der Waals surface area (Å²) in [5, 5.41) is 5.33. The highest BCUT2D eigenvalue weighted by atomic mass is 16.2. The molecule has 0 bridgehead atoms. The van der Waals surface area contributed by atoms with Crippen molar-refractivity contribution < 1.29 is 4.79 Å². The van der Waals surface area contributed by atoms with Crippen LogP contribution in [0.1, 0.15) is 17.4 Å². The zero-order valence-electron chi connectivity index (χ0n) is 11.0. The number of nitrogens with zero attached hydrogens (tertiary/aromatic N) is 2. The third-order valence-electron chi connectivity index (χ3n) is 3.53. The Balaban J connectivity index is 1.97. The predicted octanol–water partition coefficient (Wildman–Crippen LogP) is 1.67. The maximum Gasteiger partial charge on any atom is 0.273 e. The van der Waals surface area contributed by atoms with Crippen LogP contribution in [0.4, 0.5) is 0 Å². The first-order valence-corrected chi connectivity index (χ1v) is 6.62. The van der Waals surface area contributed by atoms with Gasteiger partial charge in [0.05, 0.1) is 0 Å². The first-order valence-electron chi connectivity index (χ1n) is 6.62. The maximum absolute atomic E-state index is 12.6. The van der Waals surface area contributed by atoms with Crippen molar-refractivity contribution in [3.63, 3.8) is 0 Å². The van der Waals surface area contributed by atoms with Crippen LogP contribution in [0.5, 0.6) is 0 Å². The quantitative estimate of drug-likeness (QED) is 0.843. The lowest BCUT2D eigenvalue weighted by molar-refractivity contribution is 0.0705. The van der Waals surface area contributed by atoms with Crippen LogP contribution in [-0.2, 0) is 0 Å². The molecule has 2 heterocycles. The molecule has 98 valence electrons. The summed E-state index contributed by atoms with van der Waals surface area (Å²) < 4.78 is 0. The molecule has 4 heteroatoms. The molecule has 1 amide bonds. The van der Waals surface area contributed by atoms with Crippen LogP contribution in [0.3, 0.4) is 0 Å². The third-order valence-corrected chi connectivity index (χ3v) is 3.53. The molecule has 1 aromatic heterocycles. The summed E-state index contributed by atoms with van der Waals surface area (Å²) in [6.07, 6.45) is 1.71. The smallest absolute Gasteiger partial charge is 0.273 e. The summed E-state index contributed by atoms with van der Waals surface area (Å²) in [6, 6.07) is 10.2. The molecular weight excluding hydrogens is 238 g/mol. The topological polar surface area (TPSA) is 45.2 Å². The van der Waals surface area contributed by atoms with Crippen molar-refractivity contribution in [2.75, 3.05) is 19.6 Å². The molecule has 0 aliphatic carbocycles. The Morgan fingerprint density at radius 3 is 3.05 bits per heavy atom. The van der Waals surface area contributed by atoms with Crippen molar-refractivity contribution >= 4 is 16.7 Å². The second kappa shape index (κ2) is 4.97. The minimum Gasteiger partial charge on any atom is -0.334 e. The standard InChI is InChI=1S/C15H17N3O/c1-11-10-18(9-8-16-11)15(19)14-13-5-3-2-4-12(13)6-7-17-14/h2-7,11,16H,8-10H2,1H3/t11-/m0/s1. The fourth-order valence-corrected chi connectivity index (χ4v) is 2.56. The van der Waals surface area contributed by atoms with E-state index in [1.165, 1.54) is 0 Å². The van der Waals surface area contributed by atoms with E-state index >= 15 is 0 Å². The molecule has 1 fully saturated rings. The van der Waals surface area contributed by atoms with Crippen molar-refractivity contribution in [3.05, 3.63) is 42.2 Å². The average molecular weight is 255 g/mol. The number of amides is 1. The molecule has 19 heavy (non-hydrogen) atoms.